The lowest BCUT2D eigenvalue weighted by molar-refractivity contribution is -0.111. The first-order valence-electron chi connectivity index (χ1n) is 7.82. The number of rotatable bonds is 3. The van der Waals surface area contributed by atoms with Gasteiger partial charge >= 0.3 is 5.76 Å². The Morgan fingerprint density at radius 1 is 1.00 bits per heavy atom. The van der Waals surface area contributed by atoms with Crippen molar-refractivity contribution in [3.05, 3.63) is 81.1 Å². The largest absolute Gasteiger partial charge is 0.417 e. The highest BCUT2D eigenvalue weighted by Crippen LogP contribution is 2.16. The fraction of sp³-hybridized carbons (Fsp3) is 0. The van der Waals surface area contributed by atoms with Gasteiger partial charge in [0.1, 0.15) is 0 Å². The summed E-state index contributed by atoms with van der Waals surface area (Å²) in [7, 11) is 0. The van der Waals surface area contributed by atoms with Gasteiger partial charge in [-0.2, -0.15) is 0 Å². The molecule has 1 amide bonds. The number of para-hydroxylation sites is 1. The zero-order chi connectivity index (χ0) is 18.1. The second-order valence-corrected chi connectivity index (χ2v) is 5.69. The number of H-pyrrole nitrogens is 2. The molecule has 4 aromatic rings. The topological polar surface area (TPSA) is 108 Å². The van der Waals surface area contributed by atoms with E-state index in [0.29, 0.717) is 22.4 Å². The number of pyridine rings is 1. The maximum absolute atomic E-state index is 12.1. The van der Waals surface area contributed by atoms with Crippen LogP contribution < -0.4 is 16.6 Å². The third kappa shape index (κ3) is 3.05. The van der Waals surface area contributed by atoms with Crippen LogP contribution in [0.2, 0.25) is 0 Å². The van der Waals surface area contributed by atoms with Crippen LogP contribution in [0.5, 0.6) is 0 Å². The van der Waals surface area contributed by atoms with Crippen LogP contribution in [0.1, 0.15) is 5.56 Å². The van der Waals surface area contributed by atoms with Crippen LogP contribution in [0.4, 0.5) is 5.69 Å². The number of fused-ring (bicyclic) bond motifs is 2. The van der Waals surface area contributed by atoms with Gasteiger partial charge in [-0.05, 0) is 41.8 Å². The van der Waals surface area contributed by atoms with Gasteiger partial charge in [-0.3, -0.25) is 14.6 Å². The maximum atomic E-state index is 12.1. The van der Waals surface area contributed by atoms with Crippen LogP contribution in [-0.2, 0) is 4.79 Å². The number of benzene rings is 2. The predicted octanol–water partition coefficient (Wildman–Crippen LogP) is 2.61. The summed E-state index contributed by atoms with van der Waals surface area (Å²) in [6.07, 6.45) is 2.74. The summed E-state index contributed by atoms with van der Waals surface area (Å²) in [6, 6.07) is 13.9. The minimum atomic E-state index is -0.557. The molecule has 0 unspecified atom stereocenters. The fourth-order valence-corrected chi connectivity index (χ4v) is 2.67. The number of hydrogen-bond donors (Lipinski definition) is 3. The number of aromatic amines is 2. The van der Waals surface area contributed by atoms with Crippen LogP contribution in [0.25, 0.3) is 28.1 Å². The summed E-state index contributed by atoms with van der Waals surface area (Å²) in [5, 5.41) is 3.54. The molecular weight excluding hydrogens is 334 g/mol. The van der Waals surface area contributed by atoms with E-state index in [1.165, 1.54) is 12.2 Å². The van der Waals surface area contributed by atoms with Crippen LogP contribution in [0.3, 0.4) is 0 Å². The Bertz CT molecular complexity index is 1280. The molecule has 2 aromatic carbocycles. The van der Waals surface area contributed by atoms with E-state index in [0.717, 1.165) is 10.9 Å². The number of nitrogens with one attached hydrogen (secondary N) is 3. The predicted molar refractivity (Wildman–Crippen MR) is 99.1 cm³/mol. The molecule has 0 bridgehead atoms. The molecule has 0 spiro atoms. The lowest BCUT2D eigenvalue weighted by Gasteiger charge is -2.02. The molecule has 0 aliphatic carbocycles. The van der Waals surface area contributed by atoms with Crippen molar-refractivity contribution in [1.82, 2.24) is 9.97 Å². The van der Waals surface area contributed by atoms with Crippen molar-refractivity contribution in [1.29, 1.82) is 0 Å². The number of hydrogen-bond acceptors (Lipinski definition) is 4. The van der Waals surface area contributed by atoms with Crippen molar-refractivity contribution in [2.45, 2.75) is 0 Å². The third-order valence-corrected chi connectivity index (χ3v) is 3.88. The molecule has 0 aliphatic rings. The highest BCUT2D eigenvalue weighted by Gasteiger charge is 2.05. The molecule has 2 heterocycles. The van der Waals surface area contributed by atoms with Crippen molar-refractivity contribution in [3.63, 3.8) is 0 Å². The van der Waals surface area contributed by atoms with E-state index in [-0.39, 0.29) is 5.56 Å². The van der Waals surface area contributed by atoms with Gasteiger partial charge in [0.25, 0.3) is 5.56 Å². The van der Waals surface area contributed by atoms with Crippen molar-refractivity contribution < 1.29 is 9.21 Å². The Kier molecular flexibility index (Phi) is 3.74. The van der Waals surface area contributed by atoms with Gasteiger partial charge in [-0.25, -0.2) is 4.79 Å². The Labute approximate surface area is 146 Å². The van der Waals surface area contributed by atoms with E-state index in [9.17, 15) is 14.4 Å². The van der Waals surface area contributed by atoms with E-state index >= 15 is 0 Å². The molecule has 0 aliphatic heterocycles. The average molecular weight is 347 g/mol. The molecule has 128 valence electrons. The molecule has 0 saturated heterocycles. The van der Waals surface area contributed by atoms with Gasteiger partial charge in [0.05, 0.1) is 5.52 Å². The first-order valence-corrected chi connectivity index (χ1v) is 7.82. The number of oxazole rings is 1. The maximum Gasteiger partial charge on any atom is 0.417 e. The molecule has 0 atom stereocenters. The minimum absolute atomic E-state index is 0.273. The Morgan fingerprint density at radius 3 is 2.73 bits per heavy atom. The summed E-state index contributed by atoms with van der Waals surface area (Å²) in [6.45, 7) is 0. The SMILES string of the molecule is O=C(/C=C/c1cc2ccccc2[nH]c1=O)Nc1ccc2oc(=O)[nH]c2c1. The van der Waals surface area contributed by atoms with Crippen molar-refractivity contribution in [2.75, 3.05) is 5.32 Å². The van der Waals surface area contributed by atoms with Gasteiger partial charge in [-0.15, -0.1) is 0 Å². The second kappa shape index (κ2) is 6.21. The molecule has 7 nitrogen and oxygen atoms in total. The molecular formula is C19H13N3O4. The van der Waals surface area contributed by atoms with E-state index in [4.69, 9.17) is 4.42 Å². The van der Waals surface area contributed by atoms with Gasteiger partial charge in [0.15, 0.2) is 5.58 Å². The molecule has 3 N–H and O–H groups in total. The first-order chi connectivity index (χ1) is 12.6. The molecule has 7 heteroatoms. The molecule has 0 radical (unpaired) electrons. The van der Waals surface area contributed by atoms with Crippen molar-refractivity contribution in [2.24, 2.45) is 0 Å². The van der Waals surface area contributed by atoms with Gasteiger partial charge < -0.3 is 14.7 Å². The standard InChI is InChI=1S/C19H13N3O4/c23-17(20-13-6-7-16-15(10-13)22-19(25)26-16)8-5-12-9-11-3-1-2-4-14(11)21-18(12)24/h1-10H,(H,20,23)(H,21,24)(H,22,25)/b8-5+. The van der Waals surface area contributed by atoms with Crippen LogP contribution in [-0.4, -0.2) is 15.9 Å². The number of anilines is 1. The third-order valence-electron chi connectivity index (χ3n) is 3.88. The second-order valence-electron chi connectivity index (χ2n) is 5.69. The summed E-state index contributed by atoms with van der Waals surface area (Å²) in [5.74, 6) is -0.957. The van der Waals surface area contributed by atoms with Crippen LogP contribution in [0.15, 0.2) is 68.6 Å². The minimum Gasteiger partial charge on any atom is -0.408 e. The van der Waals surface area contributed by atoms with E-state index < -0.39 is 11.7 Å². The van der Waals surface area contributed by atoms with Gasteiger partial charge in [0.2, 0.25) is 5.91 Å². The number of carbonyl (C=O) groups excluding carboxylic acids is 1. The lowest BCUT2D eigenvalue weighted by Crippen LogP contribution is -2.11. The molecule has 4 rings (SSSR count). The van der Waals surface area contributed by atoms with E-state index in [2.05, 4.69) is 15.3 Å². The zero-order valence-electron chi connectivity index (χ0n) is 13.4. The molecule has 2 aromatic heterocycles. The Balaban J connectivity index is 1.56. The quantitative estimate of drug-likeness (QED) is 0.495. The van der Waals surface area contributed by atoms with Crippen LogP contribution >= 0.6 is 0 Å². The normalized spacial score (nSPS) is 11.4. The van der Waals surface area contributed by atoms with E-state index in [1.807, 2.05) is 24.3 Å². The van der Waals surface area contributed by atoms with E-state index in [1.54, 1.807) is 24.3 Å². The van der Waals surface area contributed by atoms with Crippen molar-refractivity contribution in [3.8, 4) is 0 Å². The average Bonchev–Trinajstić information content (AvgIpc) is 2.99. The summed E-state index contributed by atoms with van der Waals surface area (Å²) in [4.78, 5) is 40.6. The highest BCUT2D eigenvalue weighted by atomic mass is 16.4. The molecule has 0 fully saturated rings. The zero-order valence-corrected chi connectivity index (χ0v) is 13.4. The number of amides is 1. The first kappa shape index (κ1) is 15.6. The van der Waals surface area contributed by atoms with Crippen molar-refractivity contribution >= 4 is 39.7 Å². The Hall–Kier alpha value is -3.87. The number of carbonyl (C=O) groups is 1. The monoisotopic (exact) mass is 347 g/mol. The summed E-state index contributed by atoms with van der Waals surface area (Å²) < 4.78 is 4.91. The van der Waals surface area contributed by atoms with Gasteiger partial charge in [0, 0.05) is 22.8 Å². The fourth-order valence-electron chi connectivity index (χ4n) is 2.67. The summed E-state index contributed by atoms with van der Waals surface area (Å²) >= 11 is 0. The summed E-state index contributed by atoms with van der Waals surface area (Å²) in [5.41, 5.74) is 2.24. The lowest BCUT2D eigenvalue weighted by atomic mass is 10.1. The smallest absolute Gasteiger partial charge is 0.408 e. The van der Waals surface area contributed by atoms with Gasteiger partial charge in [-0.1, -0.05) is 18.2 Å². The molecule has 0 saturated carbocycles. The highest BCUT2D eigenvalue weighted by molar-refractivity contribution is 6.02. The van der Waals surface area contributed by atoms with Crippen LogP contribution in [0, 0.1) is 0 Å². The molecule has 26 heavy (non-hydrogen) atoms. The number of aromatic nitrogens is 2. The Morgan fingerprint density at radius 2 is 1.85 bits per heavy atom.